The predicted molar refractivity (Wildman–Crippen MR) is 139 cm³/mol. The molecule has 2 amide bonds. The van der Waals surface area contributed by atoms with Gasteiger partial charge in [-0.3, -0.25) is 4.79 Å². The molecular weight excluding hydrogens is 459 g/mol. The van der Waals surface area contributed by atoms with Gasteiger partial charge in [-0.1, -0.05) is 24.3 Å². The second-order valence-electron chi connectivity index (χ2n) is 10.4. The molecule has 5 N–H and O–H groups in total. The highest BCUT2D eigenvalue weighted by atomic mass is 19.1. The Bertz CT molecular complexity index is 1230. The topological polar surface area (TPSA) is 109 Å². The molecule has 0 unspecified atom stereocenters. The van der Waals surface area contributed by atoms with Gasteiger partial charge < -0.3 is 26.1 Å². The highest BCUT2D eigenvalue weighted by Crippen LogP contribution is 2.45. The summed E-state index contributed by atoms with van der Waals surface area (Å²) in [6.45, 7) is 6.17. The van der Waals surface area contributed by atoms with Crippen LogP contribution in [-0.4, -0.2) is 41.7 Å². The SMILES string of the molecule is CC(C)(C)OC(=O)N[C@@H](CCCN)CNC(=O)c1[nH]c2cc(-c3ccc(F)cc3)ccc2c1C1CC1. The molecule has 2 aromatic carbocycles. The maximum Gasteiger partial charge on any atom is 0.407 e. The summed E-state index contributed by atoms with van der Waals surface area (Å²) in [5.74, 6) is -0.134. The molecule has 1 saturated carbocycles. The molecular formula is C28H35FN4O3. The Kier molecular flexibility index (Phi) is 7.64. The molecule has 1 heterocycles. The van der Waals surface area contributed by atoms with Crippen LogP contribution in [0, 0.1) is 5.82 Å². The van der Waals surface area contributed by atoms with Crippen LogP contribution in [-0.2, 0) is 4.74 Å². The van der Waals surface area contributed by atoms with Crippen molar-refractivity contribution in [2.75, 3.05) is 13.1 Å². The molecule has 3 aromatic rings. The normalized spacial score (nSPS) is 14.5. The van der Waals surface area contributed by atoms with Gasteiger partial charge in [0.05, 0.1) is 0 Å². The number of carbonyl (C=O) groups is 2. The van der Waals surface area contributed by atoms with E-state index in [-0.39, 0.29) is 24.3 Å². The van der Waals surface area contributed by atoms with Crippen LogP contribution < -0.4 is 16.4 Å². The minimum Gasteiger partial charge on any atom is -0.444 e. The van der Waals surface area contributed by atoms with Crippen LogP contribution >= 0.6 is 0 Å². The molecule has 0 bridgehead atoms. The van der Waals surface area contributed by atoms with Gasteiger partial charge in [0, 0.05) is 23.5 Å². The summed E-state index contributed by atoms with van der Waals surface area (Å²) in [5, 5.41) is 6.87. The maximum atomic E-state index is 13.3. The zero-order valence-electron chi connectivity index (χ0n) is 21.1. The molecule has 1 aliphatic rings. The Morgan fingerprint density at radius 3 is 2.47 bits per heavy atom. The summed E-state index contributed by atoms with van der Waals surface area (Å²) in [6.07, 6.45) is 2.91. The van der Waals surface area contributed by atoms with E-state index in [0.29, 0.717) is 31.0 Å². The van der Waals surface area contributed by atoms with Gasteiger partial charge in [0.15, 0.2) is 0 Å². The lowest BCUT2D eigenvalue weighted by molar-refractivity contribution is 0.0498. The Balaban J connectivity index is 1.52. The van der Waals surface area contributed by atoms with Crippen LogP contribution in [0.1, 0.15) is 68.4 Å². The van der Waals surface area contributed by atoms with E-state index in [1.807, 2.05) is 18.2 Å². The van der Waals surface area contributed by atoms with Crippen LogP contribution in [0.2, 0.25) is 0 Å². The van der Waals surface area contributed by atoms with Gasteiger partial charge in [0.1, 0.15) is 17.1 Å². The van der Waals surface area contributed by atoms with E-state index < -0.39 is 11.7 Å². The molecule has 0 radical (unpaired) electrons. The third kappa shape index (κ3) is 6.43. The van der Waals surface area contributed by atoms with E-state index in [1.54, 1.807) is 32.9 Å². The number of hydrogen-bond acceptors (Lipinski definition) is 4. The largest absolute Gasteiger partial charge is 0.444 e. The van der Waals surface area contributed by atoms with Crippen molar-refractivity contribution in [1.82, 2.24) is 15.6 Å². The predicted octanol–water partition coefficient (Wildman–Crippen LogP) is 5.21. The van der Waals surface area contributed by atoms with Crippen LogP contribution in [0.4, 0.5) is 9.18 Å². The number of hydrogen-bond donors (Lipinski definition) is 4. The zero-order valence-corrected chi connectivity index (χ0v) is 21.1. The summed E-state index contributed by atoms with van der Waals surface area (Å²) in [4.78, 5) is 28.9. The molecule has 192 valence electrons. The average molecular weight is 495 g/mol. The Morgan fingerprint density at radius 2 is 1.83 bits per heavy atom. The highest BCUT2D eigenvalue weighted by Gasteiger charge is 2.32. The molecule has 7 nitrogen and oxygen atoms in total. The quantitative estimate of drug-likeness (QED) is 0.327. The molecule has 0 aliphatic heterocycles. The minimum absolute atomic E-state index is 0.208. The highest BCUT2D eigenvalue weighted by molar-refractivity contribution is 6.02. The number of aromatic nitrogens is 1. The van der Waals surface area contributed by atoms with E-state index in [9.17, 15) is 14.0 Å². The van der Waals surface area contributed by atoms with Crippen molar-refractivity contribution in [2.45, 2.75) is 64.0 Å². The van der Waals surface area contributed by atoms with E-state index >= 15 is 0 Å². The Labute approximate surface area is 211 Å². The van der Waals surface area contributed by atoms with Crippen molar-refractivity contribution < 1.29 is 18.7 Å². The zero-order chi connectivity index (χ0) is 25.9. The van der Waals surface area contributed by atoms with Gasteiger partial charge in [0.2, 0.25) is 0 Å². The number of carbonyl (C=O) groups excluding carboxylic acids is 2. The monoisotopic (exact) mass is 494 g/mol. The fraction of sp³-hybridized carbons (Fsp3) is 0.429. The van der Waals surface area contributed by atoms with Crippen molar-refractivity contribution >= 4 is 22.9 Å². The fourth-order valence-corrected chi connectivity index (χ4v) is 4.38. The second-order valence-corrected chi connectivity index (χ2v) is 10.4. The van der Waals surface area contributed by atoms with E-state index in [0.717, 1.165) is 40.4 Å². The Morgan fingerprint density at radius 1 is 1.14 bits per heavy atom. The van der Waals surface area contributed by atoms with Crippen LogP contribution in [0.15, 0.2) is 42.5 Å². The Hall–Kier alpha value is -3.39. The summed E-state index contributed by atoms with van der Waals surface area (Å²) < 4.78 is 18.7. The number of halogens is 1. The summed E-state index contributed by atoms with van der Waals surface area (Å²) in [7, 11) is 0. The van der Waals surface area contributed by atoms with E-state index in [1.165, 1.54) is 12.1 Å². The number of aromatic amines is 1. The first-order chi connectivity index (χ1) is 17.1. The average Bonchev–Trinajstić information content (AvgIpc) is 3.59. The van der Waals surface area contributed by atoms with Crippen LogP contribution in [0.5, 0.6) is 0 Å². The summed E-state index contributed by atoms with van der Waals surface area (Å²) >= 11 is 0. The number of fused-ring (bicyclic) bond motifs is 1. The molecule has 1 fully saturated rings. The van der Waals surface area contributed by atoms with Crippen molar-refractivity contribution in [2.24, 2.45) is 5.73 Å². The number of nitrogens with one attached hydrogen (secondary N) is 3. The first-order valence-corrected chi connectivity index (χ1v) is 12.5. The molecule has 4 rings (SSSR count). The molecule has 1 aromatic heterocycles. The number of H-pyrrole nitrogens is 1. The molecule has 1 atom stereocenters. The number of benzene rings is 2. The lowest BCUT2D eigenvalue weighted by Gasteiger charge is -2.24. The van der Waals surface area contributed by atoms with E-state index in [2.05, 4.69) is 15.6 Å². The molecule has 1 aliphatic carbocycles. The standard InChI is InChI=1S/C28H35FN4O3/c1-28(2,3)36-27(35)32-21(5-4-14-30)16-31-26(34)25-24(18-6-7-18)22-13-10-19(15-23(22)33-25)17-8-11-20(29)12-9-17/h8-13,15,18,21,33H,4-7,14,16,30H2,1-3H3,(H,31,34)(H,32,35)/t21-/m0/s1. The first-order valence-electron chi connectivity index (χ1n) is 12.5. The van der Waals surface area contributed by atoms with Crippen molar-refractivity contribution in [3.05, 3.63) is 59.5 Å². The van der Waals surface area contributed by atoms with Crippen molar-refractivity contribution in [3.63, 3.8) is 0 Å². The second kappa shape index (κ2) is 10.7. The number of nitrogens with two attached hydrogens (primary N) is 1. The van der Waals surface area contributed by atoms with E-state index in [4.69, 9.17) is 10.5 Å². The van der Waals surface area contributed by atoms with Crippen LogP contribution in [0.3, 0.4) is 0 Å². The molecule has 8 heteroatoms. The van der Waals surface area contributed by atoms with Gasteiger partial charge in [-0.05, 0) is 93.8 Å². The first kappa shape index (κ1) is 25.7. The number of amides is 2. The summed E-state index contributed by atoms with van der Waals surface area (Å²) in [5.41, 5.74) is 9.37. The van der Waals surface area contributed by atoms with Crippen molar-refractivity contribution in [1.29, 1.82) is 0 Å². The smallest absolute Gasteiger partial charge is 0.407 e. The van der Waals surface area contributed by atoms with Gasteiger partial charge >= 0.3 is 6.09 Å². The lowest BCUT2D eigenvalue weighted by atomic mass is 10.0. The number of ether oxygens (including phenoxy) is 1. The minimum atomic E-state index is -0.609. The van der Waals surface area contributed by atoms with Gasteiger partial charge in [-0.15, -0.1) is 0 Å². The third-order valence-electron chi connectivity index (χ3n) is 6.22. The third-order valence-corrected chi connectivity index (χ3v) is 6.22. The summed E-state index contributed by atoms with van der Waals surface area (Å²) in [6, 6.07) is 12.1. The molecule has 0 spiro atoms. The lowest BCUT2D eigenvalue weighted by Crippen LogP contribution is -2.45. The van der Waals surface area contributed by atoms with Crippen LogP contribution in [0.25, 0.3) is 22.0 Å². The number of rotatable bonds is 9. The maximum absolute atomic E-state index is 13.3. The van der Waals surface area contributed by atoms with Gasteiger partial charge in [0.25, 0.3) is 5.91 Å². The van der Waals surface area contributed by atoms with Crippen molar-refractivity contribution in [3.8, 4) is 11.1 Å². The van der Waals surface area contributed by atoms with Gasteiger partial charge in [-0.25, -0.2) is 9.18 Å². The molecule has 0 saturated heterocycles. The van der Waals surface area contributed by atoms with Gasteiger partial charge in [-0.2, -0.15) is 0 Å². The number of alkyl carbamates (subject to hydrolysis) is 1. The fourth-order valence-electron chi connectivity index (χ4n) is 4.38. The molecule has 36 heavy (non-hydrogen) atoms.